The number of aromatic nitrogens is 1. The van der Waals surface area contributed by atoms with Crippen molar-refractivity contribution in [2.24, 2.45) is 10.7 Å². The summed E-state index contributed by atoms with van der Waals surface area (Å²) in [5.41, 5.74) is 20.2. The van der Waals surface area contributed by atoms with E-state index in [1.165, 1.54) is 40.6 Å². The lowest BCUT2D eigenvalue weighted by atomic mass is 9.95. The van der Waals surface area contributed by atoms with Gasteiger partial charge in [0.1, 0.15) is 0 Å². The van der Waals surface area contributed by atoms with Gasteiger partial charge in [-0.2, -0.15) is 0 Å². The van der Waals surface area contributed by atoms with Gasteiger partial charge in [0.25, 0.3) is 0 Å². The molecule has 0 atom stereocenters. The van der Waals surface area contributed by atoms with E-state index in [0.29, 0.717) is 12.2 Å². The van der Waals surface area contributed by atoms with Gasteiger partial charge >= 0.3 is 0 Å². The highest BCUT2D eigenvalue weighted by Crippen LogP contribution is 2.39. The molecule has 4 nitrogen and oxygen atoms in total. The Hall–Kier alpha value is -5.65. The van der Waals surface area contributed by atoms with Crippen LogP contribution in [0, 0.1) is 0 Å². The second-order valence-corrected chi connectivity index (χ2v) is 13.9. The predicted molar refractivity (Wildman–Crippen MR) is 218 cm³/mol. The van der Waals surface area contributed by atoms with Gasteiger partial charge in [0.15, 0.2) is 0 Å². The third-order valence-corrected chi connectivity index (χ3v) is 10.2. The van der Waals surface area contributed by atoms with Gasteiger partial charge in [0, 0.05) is 38.8 Å². The van der Waals surface area contributed by atoms with Crippen LogP contribution in [0.25, 0.3) is 33.4 Å². The molecule has 2 N–H and O–H groups in total. The van der Waals surface area contributed by atoms with Crippen LogP contribution in [0.5, 0.6) is 0 Å². The van der Waals surface area contributed by atoms with Crippen LogP contribution in [0.2, 0.25) is 0 Å². The molecule has 0 amide bonds. The van der Waals surface area contributed by atoms with E-state index in [1.807, 2.05) is 48.7 Å². The summed E-state index contributed by atoms with van der Waals surface area (Å²) in [6.45, 7) is 0.540. The minimum atomic E-state index is 0.540. The summed E-state index contributed by atoms with van der Waals surface area (Å²) in [7, 11) is 0. The number of aryl methyl sites for hydroxylation is 1. The largest absolute Gasteiger partial charge is 0.396 e. The van der Waals surface area contributed by atoms with Gasteiger partial charge in [-0.05, 0) is 89.9 Å². The average molecular weight is 728 g/mol. The van der Waals surface area contributed by atoms with Crippen LogP contribution >= 0.6 is 15.9 Å². The van der Waals surface area contributed by atoms with Crippen molar-refractivity contribution in [1.29, 1.82) is 0 Å². The normalized spacial score (nSPS) is 13.3. The second-order valence-electron chi connectivity index (χ2n) is 13.0. The number of hydrogen-bond donors (Lipinski definition) is 1. The minimum Gasteiger partial charge on any atom is -0.396 e. The number of aliphatic imine (C=N–C) groups is 1. The molecule has 0 unspecified atom stereocenters. The lowest BCUT2D eigenvalue weighted by molar-refractivity contribution is 0.667. The SMILES string of the molecule is N/C(=C(\C=NCc1ccccc1)N(c1ccc(-c2ccccc2)cc1)c1cc(Br)cc(-n2c3c(c4ccccc42)CCCC3)c1)c1ccccc1. The first-order valence-electron chi connectivity index (χ1n) is 17.6. The highest BCUT2D eigenvalue weighted by atomic mass is 79.9. The Bertz CT molecular complexity index is 2340. The highest BCUT2D eigenvalue weighted by molar-refractivity contribution is 9.10. The molecule has 1 aromatic heterocycles. The Labute approximate surface area is 308 Å². The summed E-state index contributed by atoms with van der Waals surface area (Å²) in [5.74, 6) is 0. The molecule has 1 aliphatic carbocycles. The van der Waals surface area contributed by atoms with Crippen molar-refractivity contribution < 1.29 is 0 Å². The van der Waals surface area contributed by atoms with Crippen molar-refractivity contribution >= 4 is 50.1 Å². The van der Waals surface area contributed by atoms with Crippen molar-refractivity contribution in [3.8, 4) is 16.8 Å². The summed E-state index contributed by atoms with van der Waals surface area (Å²) in [6, 6.07) is 55.3. The summed E-state index contributed by atoms with van der Waals surface area (Å²) in [4.78, 5) is 7.25. The molecule has 0 bridgehead atoms. The third-order valence-electron chi connectivity index (χ3n) is 9.73. The molecule has 0 saturated heterocycles. The number of fused-ring (bicyclic) bond motifs is 3. The molecule has 0 spiro atoms. The van der Waals surface area contributed by atoms with Gasteiger partial charge in [-0.3, -0.25) is 4.99 Å². The van der Waals surface area contributed by atoms with Crippen LogP contribution in [0.4, 0.5) is 11.4 Å². The zero-order valence-corrected chi connectivity index (χ0v) is 30.0. The Morgan fingerprint density at radius 1 is 0.686 bits per heavy atom. The number of benzene rings is 6. The van der Waals surface area contributed by atoms with Crippen molar-refractivity contribution in [2.75, 3.05) is 4.90 Å². The smallest absolute Gasteiger partial charge is 0.0878 e. The van der Waals surface area contributed by atoms with Gasteiger partial charge in [0.05, 0.1) is 23.5 Å². The van der Waals surface area contributed by atoms with E-state index in [0.717, 1.165) is 56.8 Å². The van der Waals surface area contributed by atoms with E-state index >= 15 is 0 Å². The van der Waals surface area contributed by atoms with E-state index in [2.05, 4.69) is 141 Å². The van der Waals surface area contributed by atoms with Gasteiger partial charge in [-0.25, -0.2) is 0 Å². The molecule has 8 rings (SSSR count). The Kier molecular flexibility index (Phi) is 9.37. The molecule has 1 aliphatic rings. The summed E-state index contributed by atoms with van der Waals surface area (Å²) in [5, 5.41) is 1.35. The number of rotatable bonds is 9. The fourth-order valence-corrected chi connectivity index (χ4v) is 7.77. The quantitative estimate of drug-likeness (QED) is 0.151. The van der Waals surface area contributed by atoms with Crippen LogP contribution in [0.1, 0.15) is 35.2 Å². The monoisotopic (exact) mass is 726 g/mol. The molecule has 7 aromatic rings. The summed E-state index contributed by atoms with van der Waals surface area (Å²) >= 11 is 3.94. The molecule has 0 fully saturated rings. The second kappa shape index (κ2) is 14.7. The molecule has 0 aliphatic heterocycles. The standard InChI is InChI=1S/C46H39BrN4/c47-37-28-39(30-40(29-37)51-43-22-12-10-20-41(43)42-21-11-13-23-44(42)51)50(38-26-24-35(25-27-38)34-16-6-2-7-17-34)45(46(48)36-18-8-3-9-19-36)32-49-31-33-14-4-1-5-15-33/h1-10,12,14-20,22,24-30,32H,11,13,21,23,31,48H2/b46-45+,49-32?. The van der Waals surface area contributed by atoms with Gasteiger partial charge in [0.2, 0.25) is 0 Å². The Balaban J connectivity index is 1.33. The van der Waals surface area contributed by atoms with Gasteiger partial charge in [-0.15, -0.1) is 0 Å². The number of para-hydroxylation sites is 1. The van der Waals surface area contributed by atoms with Crippen molar-refractivity contribution in [3.63, 3.8) is 0 Å². The van der Waals surface area contributed by atoms with E-state index in [1.54, 1.807) is 0 Å². The first-order valence-corrected chi connectivity index (χ1v) is 18.4. The van der Waals surface area contributed by atoms with E-state index in [4.69, 9.17) is 10.7 Å². The topological polar surface area (TPSA) is 46.5 Å². The molecule has 0 radical (unpaired) electrons. The van der Waals surface area contributed by atoms with Crippen LogP contribution in [0.3, 0.4) is 0 Å². The molecule has 51 heavy (non-hydrogen) atoms. The molecule has 0 saturated carbocycles. The highest BCUT2D eigenvalue weighted by Gasteiger charge is 2.23. The maximum atomic E-state index is 7.18. The summed E-state index contributed by atoms with van der Waals surface area (Å²) in [6.07, 6.45) is 6.54. The number of nitrogens with two attached hydrogens (primary N) is 1. The Morgan fingerprint density at radius 3 is 2.10 bits per heavy atom. The minimum absolute atomic E-state index is 0.540. The molecular formula is C46H39BrN4. The summed E-state index contributed by atoms with van der Waals surface area (Å²) < 4.78 is 3.46. The van der Waals surface area contributed by atoms with Crippen molar-refractivity contribution in [2.45, 2.75) is 32.2 Å². The molecule has 6 aromatic carbocycles. The molecule has 5 heteroatoms. The lowest BCUT2D eigenvalue weighted by Crippen LogP contribution is -2.22. The van der Waals surface area contributed by atoms with E-state index < -0.39 is 0 Å². The van der Waals surface area contributed by atoms with E-state index in [-0.39, 0.29) is 0 Å². The number of allylic oxidation sites excluding steroid dienone is 1. The molecule has 1 heterocycles. The Morgan fingerprint density at radius 2 is 1.33 bits per heavy atom. The fourth-order valence-electron chi connectivity index (χ4n) is 7.30. The van der Waals surface area contributed by atoms with Crippen LogP contribution in [-0.4, -0.2) is 10.8 Å². The molecule has 250 valence electrons. The number of halogens is 1. The molecular weight excluding hydrogens is 688 g/mol. The van der Waals surface area contributed by atoms with Gasteiger partial charge < -0.3 is 15.2 Å². The van der Waals surface area contributed by atoms with Crippen LogP contribution in [0.15, 0.2) is 173 Å². The van der Waals surface area contributed by atoms with E-state index in [9.17, 15) is 0 Å². The zero-order chi connectivity index (χ0) is 34.6. The van der Waals surface area contributed by atoms with Crippen LogP contribution in [-0.2, 0) is 19.4 Å². The zero-order valence-electron chi connectivity index (χ0n) is 28.4. The maximum absolute atomic E-state index is 7.18. The van der Waals surface area contributed by atoms with Gasteiger partial charge in [-0.1, -0.05) is 137 Å². The first kappa shape index (κ1) is 32.5. The van der Waals surface area contributed by atoms with Crippen molar-refractivity contribution in [3.05, 3.63) is 190 Å². The average Bonchev–Trinajstić information content (AvgIpc) is 3.53. The third kappa shape index (κ3) is 6.78. The predicted octanol–water partition coefficient (Wildman–Crippen LogP) is 11.7. The maximum Gasteiger partial charge on any atom is 0.0878 e. The number of anilines is 2. The number of hydrogen-bond acceptors (Lipinski definition) is 3. The first-order chi connectivity index (χ1) is 25.1. The number of nitrogens with zero attached hydrogens (tertiary/aromatic N) is 3. The lowest BCUT2D eigenvalue weighted by Gasteiger charge is -2.29. The fraction of sp³-hybridized carbons (Fsp3) is 0.109. The van der Waals surface area contributed by atoms with Crippen molar-refractivity contribution in [1.82, 2.24) is 4.57 Å². The van der Waals surface area contributed by atoms with Crippen LogP contribution < -0.4 is 10.6 Å².